The Bertz CT molecular complexity index is 802. The van der Waals surface area contributed by atoms with Crippen LogP contribution in [-0.4, -0.2) is 22.4 Å². The molecule has 5 nitrogen and oxygen atoms in total. The fourth-order valence-electron chi connectivity index (χ4n) is 2.71. The van der Waals surface area contributed by atoms with Crippen molar-refractivity contribution in [2.24, 2.45) is 0 Å². The number of aryl methyl sites for hydroxylation is 2. The predicted octanol–water partition coefficient (Wildman–Crippen LogP) is 3.67. The van der Waals surface area contributed by atoms with Crippen LogP contribution in [0.2, 0.25) is 0 Å². The SMILES string of the molecule is Cl.Cl.Nc1ccccc1CCC(=O)NCCCc1nc2ccccc2[nH]1. The summed E-state index contributed by atoms with van der Waals surface area (Å²) in [7, 11) is 0. The van der Waals surface area contributed by atoms with E-state index in [0.29, 0.717) is 19.4 Å². The van der Waals surface area contributed by atoms with Crippen molar-refractivity contribution in [3.63, 3.8) is 0 Å². The summed E-state index contributed by atoms with van der Waals surface area (Å²) < 4.78 is 0. The van der Waals surface area contributed by atoms with E-state index in [9.17, 15) is 4.79 Å². The zero-order chi connectivity index (χ0) is 16.8. The second kappa shape index (κ2) is 10.7. The Morgan fingerprint density at radius 1 is 1.04 bits per heavy atom. The molecule has 7 heteroatoms. The lowest BCUT2D eigenvalue weighted by Crippen LogP contribution is -2.25. The van der Waals surface area contributed by atoms with E-state index in [2.05, 4.69) is 15.3 Å². The maximum atomic E-state index is 11.9. The number of hydrogen-bond acceptors (Lipinski definition) is 3. The molecule has 0 radical (unpaired) electrons. The number of rotatable bonds is 7. The summed E-state index contributed by atoms with van der Waals surface area (Å²) in [5.74, 6) is 1.02. The first-order chi connectivity index (χ1) is 11.7. The van der Waals surface area contributed by atoms with E-state index in [1.165, 1.54) is 0 Å². The van der Waals surface area contributed by atoms with Crippen molar-refractivity contribution in [1.82, 2.24) is 15.3 Å². The van der Waals surface area contributed by atoms with E-state index < -0.39 is 0 Å². The molecule has 0 aliphatic carbocycles. The first-order valence-corrected chi connectivity index (χ1v) is 8.26. The number of aromatic amines is 1. The van der Waals surface area contributed by atoms with Gasteiger partial charge in [0.05, 0.1) is 11.0 Å². The Balaban J connectivity index is 0.00000169. The summed E-state index contributed by atoms with van der Waals surface area (Å²) >= 11 is 0. The first kappa shape index (κ1) is 21.8. The molecule has 1 aromatic heterocycles. The molecular weight excluding hydrogens is 371 g/mol. The third-order valence-corrected chi connectivity index (χ3v) is 4.03. The number of amides is 1. The number of imidazole rings is 1. The van der Waals surface area contributed by atoms with Crippen LogP contribution >= 0.6 is 24.8 Å². The van der Waals surface area contributed by atoms with Gasteiger partial charge >= 0.3 is 0 Å². The number of nitrogens with zero attached hydrogens (tertiary/aromatic N) is 1. The number of nitrogens with two attached hydrogens (primary N) is 1. The van der Waals surface area contributed by atoms with E-state index in [1.54, 1.807) is 0 Å². The molecule has 0 bridgehead atoms. The second-order valence-electron chi connectivity index (χ2n) is 5.85. The quantitative estimate of drug-likeness (QED) is 0.422. The highest BCUT2D eigenvalue weighted by molar-refractivity contribution is 5.85. The number of nitrogens with one attached hydrogen (secondary N) is 2. The molecule has 3 aromatic rings. The van der Waals surface area contributed by atoms with Gasteiger partial charge in [0.25, 0.3) is 0 Å². The van der Waals surface area contributed by atoms with Crippen molar-refractivity contribution < 1.29 is 4.79 Å². The zero-order valence-electron chi connectivity index (χ0n) is 14.4. The Kier molecular flexibility index (Phi) is 8.96. The van der Waals surface area contributed by atoms with Gasteiger partial charge in [-0.2, -0.15) is 0 Å². The van der Waals surface area contributed by atoms with Crippen LogP contribution in [0.25, 0.3) is 11.0 Å². The van der Waals surface area contributed by atoms with Crippen LogP contribution < -0.4 is 11.1 Å². The van der Waals surface area contributed by atoms with Crippen LogP contribution in [0.4, 0.5) is 5.69 Å². The van der Waals surface area contributed by atoms with Gasteiger partial charge in [0, 0.05) is 25.1 Å². The van der Waals surface area contributed by atoms with Crippen LogP contribution in [0, 0.1) is 0 Å². The summed E-state index contributed by atoms with van der Waals surface area (Å²) in [5, 5.41) is 2.95. The van der Waals surface area contributed by atoms with Crippen molar-refractivity contribution >= 4 is 47.4 Å². The molecule has 0 atom stereocenters. The minimum absolute atomic E-state index is 0. The maximum Gasteiger partial charge on any atom is 0.220 e. The van der Waals surface area contributed by atoms with Crippen LogP contribution in [0.3, 0.4) is 0 Å². The number of carbonyl (C=O) groups is 1. The Hall–Kier alpha value is -2.24. The van der Waals surface area contributed by atoms with Gasteiger partial charge in [0.15, 0.2) is 0 Å². The number of halogens is 2. The molecular formula is C19H24Cl2N4O. The van der Waals surface area contributed by atoms with Gasteiger partial charge in [-0.05, 0) is 36.6 Å². The number of fused-ring (bicyclic) bond motifs is 1. The molecule has 2 aromatic carbocycles. The second-order valence-corrected chi connectivity index (χ2v) is 5.85. The Morgan fingerprint density at radius 3 is 2.54 bits per heavy atom. The summed E-state index contributed by atoms with van der Waals surface area (Å²) in [6.45, 7) is 0.653. The molecule has 0 saturated carbocycles. The van der Waals surface area contributed by atoms with Crippen molar-refractivity contribution in [3.05, 3.63) is 59.9 Å². The van der Waals surface area contributed by atoms with Crippen LogP contribution in [-0.2, 0) is 17.6 Å². The molecule has 140 valence electrons. The Morgan fingerprint density at radius 2 is 1.77 bits per heavy atom. The lowest BCUT2D eigenvalue weighted by atomic mass is 10.1. The smallest absolute Gasteiger partial charge is 0.220 e. The van der Waals surface area contributed by atoms with Crippen molar-refractivity contribution in [2.45, 2.75) is 25.7 Å². The number of para-hydroxylation sites is 3. The van der Waals surface area contributed by atoms with Crippen molar-refractivity contribution in [1.29, 1.82) is 0 Å². The lowest BCUT2D eigenvalue weighted by Gasteiger charge is -2.06. The van der Waals surface area contributed by atoms with E-state index in [1.807, 2.05) is 48.5 Å². The van der Waals surface area contributed by atoms with Crippen LogP contribution in [0.1, 0.15) is 24.2 Å². The molecule has 0 spiro atoms. The molecule has 26 heavy (non-hydrogen) atoms. The number of aromatic nitrogens is 2. The topological polar surface area (TPSA) is 83.8 Å². The molecule has 0 aliphatic rings. The molecule has 3 rings (SSSR count). The van der Waals surface area contributed by atoms with E-state index >= 15 is 0 Å². The summed E-state index contributed by atoms with van der Waals surface area (Å²) in [6, 6.07) is 15.6. The molecule has 0 saturated heterocycles. The highest BCUT2D eigenvalue weighted by Gasteiger charge is 2.05. The number of nitrogen functional groups attached to an aromatic ring is 1. The van der Waals surface area contributed by atoms with Gasteiger partial charge in [-0.1, -0.05) is 30.3 Å². The standard InChI is InChI=1S/C19H22N4O.2ClH/c20-15-7-2-1-6-14(15)11-12-19(24)21-13-5-10-18-22-16-8-3-4-9-17(16)23-18;;/h1-4,6-9H,5,10-13,20H2,(H,21,24)(H,22,23);2*1H. The molecule has 0 aliphatic heterocycles. The van der Waals surface area contributed by atoms with Crippen LogP contribution in [0.15, 0.2) is 48.5 Å². The van der Waals surface area contributed by atoms with E-state index in [4.69, 9.17) is 5.73 Å². The number of benzene rings is 2. The molecule has 1 amide bonds. The van der Waals surface area contributed by atoms with Gasteiger partial charge in [0.2, 0.25) is 5.91 Å². The summed E-state index contributed by atoms with van der Waals surface area (Å²) in [4.78, 5) is 19.7. The van der Waals surface area contributed by atoms with E-state index in [0.717, 1.165) is 41.0 Å². The monoisotopic (exact) mass is 394 g/mol. The van der Waals surface area contributed by atoms with Crippen molar-refractivity contribution in [2.75, 3.05) is 12.3 Å². The Labute approximate surface area is 165 Å². The summed E-state index contributed by atoms with van der Waals surface area (Å²) in [6.07, 6.45) is 2.81. The lowest BCUT2D eigenvalue weighted by molar-refractivity contribution is -0.121. The van der Waals surface area contributed by atoms with Gasteiger partial charge in [-0.3, -0.25) is 4.79 Å². The molecule has 1 heterocycles. The largest absolute Gasteiger partial charge is 0.399 e. The van der Waals surface area contributed by atoms with Gasteiger partial charge in [-0.15, -0.1) is 24.8 Å². The fraction of sp³-hybridized carbons (Fsp3) is 0.263. The molecule has 0 unspecified atom stereocenters. The van der Waals surface area contributed by atoms with E-state index in [-0.39, 0.29) is 30.7 Å². The number of anilines is 1. The van der Waals surface area contributed by atoms with Crippen molar-refractivity contribution in [3.8, 4) is 0 Å². The van der Waals surface area contributed by atoms with Gasteiger partial charge in [0.1, 0.15) is 5.82 Å². The average Bonchev–Trinajstić information content (AvgIpc) is 3.01. The van der Waals surface area contributed by atoms with Gasteiger partial charge in [-0.25, -0.2) is 4.98 Å². The number of hydrogen-bond donors (Lipinski definition) is 3. The first-order valence-electron chi connectivity index (χ1n) is 8.26. The normalized spacial score (nSPS) is 10.0. The third-order valence-electron chi connectivity index (χ3n) is 4.03. The highest BCUT2D eigenvalue weighted by atomic mass is 35.5. The number of H-pyrrole nitrogens is 1. The number of carbonyl (C=O) groups excluding carboxylic acids is 1. The average molecular weight is 395 g/mol. The minimum atomic E-state index is 0. The molecule has 0 fully saturated rings. The fourth-order valence-corrected chi connectivity index (χ4v) is 2.71. The zero-order valence-corrected chi connectivity index (χ0v) is 16.0. The molecule has 4 N–H and O–H groups in total. The minimum Gasteiger partial charge on any atom is -0.399 e. The predicted molar refractivity (Wildman–Crippen MR) is 111 cm³/mol. The summed E-state index contributed by atoms with van der Waals surface area (Å²) in [5.41, 5.74) is 9.69. The maximum absolute atomic E-state index is 11.9. The third kappa shape index (κ3) is 5.93. The van der Waals surface area contributed by atoms with Gasteiger partial charge < -0.3 is 16.0 Å². The van der Waals surface area contributed by atoms with Crippen LogP contribution in [0.5, 0.6) is 0 Å². The highest BCUT2D eigenvalue weighted by Crippen LogP contribution is 2.13.